The van der Waals surface area contributed by atoms with Crippen LogP contribution in [0.3, 0.4) is 0 Å². The van der Waals surface area contributed by atoms with E-state index in [0.29, 0.717) is 24.0 Å². The summed E-state index contributed by atoms with van der Waals surface area (Å²) in [4.78, 5) is 22.4. The number of anilines is 1. The molecule has 4 N–H and O–H groups in total. The Bertz CT molecular complexity index is 1050. The summed E-state index contributed by atoms with van der Waals surface area (Å²) < 4.78 is 24.3. The summed E-state index contributed by atoms with van der Waals surface area (Å²) in [5, 5.41) is 9.84. The third-order valence-corrected chi connectivity index (χ3v) is 6.47. The number of phosphoric ester groups is 1. The van der Waals surface area contributed by atoms with Crippen LogP contribution in [0.1, 0.15) is 18.0 Å². The number of nitrogens with zero attached hydrogens (tertiary/aromatic N) is 4. The number of hydrogen-bond acceptors (Lipinski definition) is 8. The monoisotopic (exact) mass is 433 g/mol. The number of imidazole rings is 1. The number of hydrogen-bond donors (Lipinski definition) is 3. The smallest absolute Gasteiger partial charge is 0.396 e. The van der Waals surface area contributed by atoms with Gasteiger partial charge in [0.25, 0.3) is 0 Å². The largest absolute Gasteiger partial charge is 0.472 e. The Labute approximate surface area is 173 Å². The second-order valence-corrected chi connectivity index (χ2v) is 8.79. The van der Waals surface area contributed by atoms with E-state index >= 15 is 0 Å². The van der Waals surface area contributed by atoms with E-state index in [4.69, 9.17) is 14.8 Å². The minimum Gasteiger partial charge on any atom is -0.396 e. The predicted octanol–water partition coefficient (Wildman–Crippen LogP) is 1.95. The highest BCUT2D eigenvalue weighted by atomic mass is 31.2. The number of rotatable bonds is 9. The fourth-order valence-corrected chi connectivity index (χ4v) is 4.57. The second-order valence-electron chi connectivity index (χ2n) is 7.33. The molecule has 1 aromatic carbocycles. The van der Waals surface area contributed by atoms with Gasteiger partial charge in [0.2, 0.25) is 5.95 Å². The maximum Gasteiger partial charge on any atom is 0.472 e. The Kier molecular flexibility index (Phi) is 6.12. The maximum absolute atomic E-state index is 12.2. The Balaban J connectivity index is 1.31. The Morgan fingerprint density at radius 2 is 2.03 bits per heavy atom. The predicted molar refractivity (Wildman–Crippen MR) is 109 cm³/mol. The van der Waals surface area contributed by atoms with E-state index in [1.165, 1.54) is 0 Å². The number of phosphoric acid groups is 1. The fraction of sp³-hybridized carbons (Fsp3) is 0.421. The Morgan fingerprint density at radius 3 is 2.80 bits per heavy atom. The normalized spacial score (nSPS) is 23.2. The molecule has 0 amide bonds. The molecule has 0 radical (unpaired) electrons. The van der Waals surface area contributed by atoms with Crippen LogP contribution in [0.4, 0.5) is 5.95 Å². The summed E-state index contributed by atoms with van der Waals surface area (Å²) in [5.41, 5.74) is 7.90. The molecule has 10 nitrogen and oxygen atoms in total. The van der Waals surface area contributed by atoms with Gasteiger partial charge < -0.3 is 20.3 Å². The first-order valence-corrected chi connectivity index (χ1v) is 11.2. The van der Waals surface area contributed by atoms with Crippen molar-refractivity contribution in [2.24, 2.45) is 11.8 Å². The molecule has 30 heavy (non-hydrogen) atoms. The van der Waals surface area contributed by atoms with Crippen LogP contribution in [0.5, 0.6) is 0 Å². The zero-order valence-corrected chi connectivity index (χ0v) is 17.1. The van der Waals surface area contributed by atoms with Crippen LogP contribution in [0, 0.1) is 11.8 Å². The fourth-order valence-electron chi connectivity index (χ4n) is 3.79. The number of fused-ring (bicyclic) bond motifs is 1. The van der Waals surface area contributed by atoms with Gasteiger partial charge in [-0.25, -0.2) is 14.5 Å². The number of nitrogen functional groups attached to an aromatic ring is 1. The van der Waals surface area contributed by atoms with Gasteiger partial charge in [-0.1, -0.05) is 30.3 Å². The van der Waals surface area contributed by atoms with Crippen molar-refractivity contribution in [3.63, 3.8) is 0 Å². The van der Waals surface area contributed by atoms with Gasteiger partial charge in [0.1, 0.15) is 5.52 Å². The molecule has 11 heteroatoms. The summed E-state index contributed by atoms with van der Waals surface area (Å²) in [5.74, 6) is -0.101. The maximum atomic E-state index is 12.2. The van der Waals surface area contributed by atoms with Crippen molar-refractivity contribution < 1.29 is 23.6 Å². The van der Waals surface area contributed by atoms with Gasteiger partial charge in [0.15, 0.2) is 5.65 Å². The summed E-state index contributed by atoms with van der Waals surface area (Å²) >= 11 is 0. The van der Waals surface area contributed by atoms with E-state index in [9.17, 15) is 14.6 Å². The standard InChI is InChI=1S/C19H24N5O5P/c20-19-21-9-16-18(23-19)24(12-22-16)17-8-14(15(17)10-25)11-29-30(26,27)28-7-6-13-4-2-1-3-5-13/h1-5,9,12,14-15,17,25H,6-8,10-11H2,(H,26,27)(H2,20,21,23)/t14-,15+,17-/m1/s1. The van der Waals surface area contributed by atoms with Crippen molar-refractivity contribution in [3.05, 3.63) is 48.4 Å². The van der Waals surface area contributed by atoms with E-state index in [-0.39, 0.29) is 43.6 Å². The van der Waals surface area contributed by atoms with Crippen molar-refractivity contribution in [2.75, 3.05) is 25.6 Å². The summed E-state index contributed by atoms with van der Waals surface area (Å²) in [6, 6.07) is 9.49. The number of aliphatic hydroxyl groups excluding tert-OH is 1. The van der Waals surface area contributed by atoms with Gasteiger partial charge >= 0.3 is 7.82 Å². The van der Waals surface area contributed by atoms with E-state index in [1.807, 2.05) is 34.9 Å². The molecule has 3 aromatic rings. The summed E-state index contributed by atoms with van der Waals surface area (Å²) in [6.45, 7) is 0.00475. The van der Waals surface area contributed by atoms with Crippen molar-refractivity contribution in [1.29, 1.82) is 0 Å². The molecule has 0 aliphatic heterocycles. The second kappa shape index (κ2) is 8.79. The lowest BCUT2D eigenvalue weighted by Crippen LogP contribution is -2.42. The number of nitrogens with two attached hydrogens (primary N) is 1. The average Bonchev–Trinajstić information content (AvgIpc) is 3.11. The van der Waals surface area contributed by atoms with E-state index in [0.717, 1.165) is 5.56 Å². The van der Waals surface area contributed by atoms with Gasteiger partial charge in [-0.05, 0) is 24.3 Å². The molecule has 0 spiro atoms. The molecule has 4 rings (SSSR count). The number of aromatic nitrogens is 4. The molecule has 1 saturated carbocycles. The minimum absolute atomic E-state index is 0.0184. The SMILES string of the molecule is Nc1ncc2ncn([C@@H]3C[C@H](COP(=O)(O)OCCc4ccccc4)[C@@H]3CO)c2n1. The van der Waals surface area contributed by atoms with Gasteiger partial charge in [0, 0.05) is 18.6 Å². The highest BCUT2D eigenvalue weighted by Gasteiger charge is 2.43. The van der Waals surface area contributed by atoms with E-state index in [1.54, 1.807) is 12.5 Å². The van der Waals surface area contributed by atoms with E-state index in [2.05, 4.69) is 15.0 Å². The van der Waals surface area contributed by atoms with Crippen molar-refractivity contribution in [2.45, 2.75) is 18.9 Å². The van der Waals surface area contributed by atoms with Gasteiger partial charge in [0.05, 0.1) is 25.7 Å². The molecule has 0 bridgehead atoms. The molecule has 1 unspecified atom stereocenters. The molecule has 1 aliphatic carbocycles. The Hall–Kier alpha value is -2.36. The van der Waals surface area contributed by atoms with E-state index < -0.39 is 7.82 Å². The van der Waals surface area contributed by atoms with Crippen molar-refractivity contribution >= 4 is 24.9 Å². The highest BCUT2D eigenvalue weighted by molar-refractivity contribution is 7.47. The average molecular weight is 433 g/mol. The zero-order valence-electron chi connectivity index (χ0n) is 16.2. The lowest BCUT2D eigenvalue weighted by atomic mass is 9.70. The van der Waals surface area contributed by atoms with Crippen LogP contribution in [0.15, 0.2) is 42.9 Å². The lowest BCUT2D eigenvalue weighted by Gasteiger charge is -2.44. The third-order valence-electron chi connectivity index (χ3n) is 5.49. The molecule has 160 valence electrons. The van der Waals surface area contributed by atoms with Gasteiger partial charge in [-0.15, -0.1) is 0 Å². The third kappa shape index (κ3) is 4.53. The quantitative estimate of drug-likeness (QED) is 0.431. The molecule has 4 atom stereocenters. The van der Waals surface area contributed by atoms with Crippen LogP contribution < -0.4 is 5.73 Å². The first kappa shape index (κ1) is 20.9. The molecule has 2 heterocycles. The van der Waals surface area contributed by atoms with Crippen molar-refractivity contribution in [3.8, 4) is 0 Å². The van der Waals surface area contributed by atoms with Crippen LogP contribution in [0.25, 0.3) is 11.2 Å². The van der Waals surface area contributed by atoms with Crippen LogP contribution in [-0.4, -0.2) is 49.3 Å². The first-order valence-electron chi connectivity index (χ1n) is 9.68. The highest BCUT2D eigenvalue weighted by Crippen LogP contribution is 2.49. The zero-order chi connectivity index (χ0) is 21.1. The molecular formula is C19H24N5O5P. The summed E-state index contributed by atoms with van der Waals surface area (Å²) in [6.07, 6.45) is 4.35. The molecule has 1 fully saturated rings. The van der Waals surface area contributed by atoms with Crippen LogP contribution in [-0.2, 0) is 20.0 Å². The van der Waals surface area contributed by atoms with Gasteiger partial charge in [-0.3, -0.25) is 9.05 Å². The number of benzene rings is 1. The Morgan fingerprint density at radius 1 is 1.23 bits per heavy atom. The van der Waals surface area contributed by atoms with Crippen molar-refractivity contribution in [1.82, 2.24) is 19.5 Å². The molecule has 2 aromatic heterocycles. The first-order chi connectivity index (χ1) is 14.5. The number of aliphatic hydroxyl groups is 1. The molecule has 1 aliphatic rings. The summed E-state index contributed by atoms with van der Waals surface area (Å²) in [7, 11) is -4.16. The van der Waals surface area contributed by atoms with Gasteiger partial charge in [-0.2, -0.15) is 4.98 Å². The molecular weight excluding hydrogens is 409 g/mol. The van der Waals surface area contributed by atoms with Crippen LogP contribution in [0.2, 0.25) is 0 Å². The topological polar surface area (TPSA) is 146 Å². The van der Waals surface area contributed by atoms with Crippen LogP contribution >= 0.6 is 7.82 Å². The molecule has 0 saturated heterocycles. The lowest BCUT2D eigenvalue weighted by molar-refractivity contribution is -0.00795. The minimum atomic E-state index is -4.16.